The molecule has 0 aliphatic carbocycles. The third kappa shape index (κ3) is 2.94. The molecule has 0 atom stereocenters. The average molecular weight is 404 g/mol. The summed E-state index contributed by atoms with van der Waals surface area (Å²) in [7, 11) is 1.62. The van der Waals surface area contributed by atoms with Crippen LogP contribution in [0.5, 0.6) is 0 Å². The standard InChI is InChI=1S/C20H16N6O4/c1-24-18(27)14-5-2-3-6-15(14)26-17(22-23-20(24)26)12-29-19(28)16-8-7-13(30-16)11-25-10-4-9-21-25/h2-10H,11-12H2,1H3. The summed E-state index contributed by atoms with van der Waals surface area (Å²) in [5, 5.41) is 12.8. The van der Waals surface area contributed by atoms with Gasteiger partial charge in [0.1, 0.15) is 5.76 Å². The Bertz CT molecular complexity index is 1430. The topological polar surface area (TPSA) is 109 Å². The molecule has 5 aromatic rings. The molecule has 4 heterocycles. The number of carbonyl (C=O) groups excluding carboxylic acids is 1. The lowest BCUT2D eigenvalue weighted by atomic mass is 10.2. The van der Waals surface area contributed by atoms with Crippen LogP contribution in [-0.4, -0.2) is 34.9 Å². The van der Waals surface area contributed by atoms with Crippen LogP contribution < -0.4 is 5.56 Å². The van der Waals surface area contributed by atoms with Gasteiger partial charge in [-0.2, -0.15) is 5.10 Å². The quantitative estimate of drug-likeness (QED) is 0.411. The van der Waals surface area contributed by atoms with Gasteiger partial charge in [-0.1, -0.05) is 12.1 Å². The van der Waals surface area contributed by atoms with Crippen LogP contribution in [0.3, 0.4) is 0 Å². The van der Waals surface area contributed by atoms with Gasteiger partial charge in [-0.05, 0) is 30.3 Å². The molecular weight excluding hydrogens is 388 g/mol. The van der Waals surface area contributed by atoms with E-state index in [0.717, 1.165) is 0 Å². The maximum atomic E-state index is 12.5. The summed E-state index contributed by atoms with van der Waals surface area (Å²) in [6.45, 7) is 0.284. The van der Waals surface area contributed by atoms with Gasteiger partial charge in [0.2, 0.25) is 11.5 Å². The van der Waals surface area contributed by atoms with Crippen molar-refractivity contribution >= 4 is 22.6 Å². The smallest absolute Gasteiger partial charge is 0.374 e. The second-order valence-corrected chi connectivity index (χ2v) is 6.68. The van der Waals surface area contributed by atoms with Gasteiger partial charge in [0.25, 0.3) is 5.56 Å². The molecular formula is C20H16N6O4. The van der Waals surface area contributed by atoms with E-state index in [1.54, 1.807) is 64.9 Å². The predicted octanol–water partition coefficient (Wildman–Crippen LogP) is 1.78. The zero-order valence-electron chi connectivity index (χ0n) is 15.9. The number of hydrogen-bond acceptors (Lipinski definition) is 7. The minimum absolute atomic E-state index is 0.0863. The number of aryl methyl sites for hydroxylation is 1. The first kappa shape index (κ1) is 17.9. The van der Waals surface area contributed by atoms with Crippen molar-refractivity contribution in [1.29, 1.82) is 0 Å². The van der Waals surface area contributed by atoms with E-state index in [4.69, 9.17) is 9.15 Å². The first-order chi connectivity index (χ1) is 14.6. The Morgan fingerprint density at radius 2 is 2.00 bits per heavy atom. The van der Waals surface area contributed by atoms with Crippen LogP contribution in [0.25, 0.3) is 16.7 Å². The number of furan rings is 1. The molecule has 0 aliphatic heterocycles. The molecule has 0 radical (unpaired) electrons. The summed E-state index contributed by atoms with van der Waals surface area (Å²) < 4.78 is 15.7. The van der Waals surface area contributed by atoms with Crippen LogP contribution in [0.1, 0.15) is 22.1 Å². The molecule has 0 aliphatic rings. The molecule has 0 N–H and O–H groups in total. The molecule has 5 rings (SSSR count). The van der Waals surface area contributed by atoms with Crippen LogP contribution in [0.15, 0.2) is 64.1 Å². The highest BCUT2D eigenvalue weighted by Gasteiger charge is 2.18. The molecule has 0 spiro atoms. The van der Waals surface area contributed by atoms with Crippen molar-refractivity contribution in [3.05, 3.63) is 82.6 Å². The molecule has 4 aromatic heterocycles. The van der Waals surface area contributed by atoms with Crippen molar-refractivity contribution in [3.63, 3.8) is 0 Å². The summed E-state index contributed by atoms with van der Waals surface area (Å²) >= 11 is 0. The van der Waals surface area contributed by atoms with Gasteiger partial charge >= 0.3 is 5.97 Å². The maximum Gasteiger partial charge on any atom is 0.374 e. The SMILES string of the molecule is Cn1c(=O)c2ccccc2n2c(COC(=O)c3ccc(Cn4cccn4)o3)nnc12. The molecule has 0 fully saturated rings. The van der Waals surface area contributed by atoms with E-state index in [0.29, 0.717) is 34.8 Å². The Morgan fingerprint density at radius 1 is 1.13 bits per heavy atom. The van der Waals surface area contributed by atoms with Gasteiger partial charge < -0.3 is 9.15 Å². The summed E-state index contributed by atoms with van der Waals surface area (Å²) in [4.78, 5) is 24.9. The van der Waals surface area contributed by atoms with Crippen LogP contribution in [0.4, 0.5) is 0 Å². The van der Waals surface area contributed by atoms with E-state index in [1.165, 1.54) is 4.57 Å². The lowest BCUT2D eigenvalue weighted by Gasteiger charge is -2.08. The van der Waals surface area contributed by atoms with E-state index in [1.807, 2.05) is 6.07 Å². The van der Waals surface area contributed by atoms with E-state index in [9.17, 15) is 9.59 Å². The molecule has 150 valence electrons. The van der Waals surface area contributed by atoms with Crippen molar-refractivity contribution < 1.29 is 13.9 Å². The predicted molar refractivity (Wildman–Crippen MR) is 105 cm³/mol. The molecule has 0 saturated carbocycles. The molecule has 30 heavy (non-hydrogen) atoms. The van der Waals surface area contributed by atoms with Gasteiger partial charge in [-0.15, -0.1) is 10.2 Å². The zero-order chi connectivity index (χ0) is 20.7. The number of nitrogens with zero attached hydrogens (tertiary/aromatic N) is 6. The molecule has 10 nitrogen and oxygen atoms in total. The van der Waals surface area contributed by atoms with E-state index in [2.05, 4.69) is 15.3 Å². The van der Waals surface area contributed by atoms with Crippen molar-refractivity contribution in [2.24, 2.45) is 7.05 Å². The number of benzene rings is 1. The molecule has 0 unspecified atom stereocenters. The number of ether oxygens (including phenoxy) is 1. The van der Waals surface area contributed by atoms with Gasteiger partial charge in [0, 0.05) is 19.4 Å². The maximum absolute atomic E-state index is 12.5. The molecule has 1 aromatic carbocycles. The highest BCUT2D eigenvalue weighted by atomic mass is 16.5. The number of para-hydroxylation sites is 1. The number of hydrogen-bond donors (Lipinski definition) is 0. The lowest BCUT2D eigenvalue weighted by molar-refractivity contribution is 0.0422. The monoisotopic (exact) mass is 404 g/mol. The highest BCUT2D eigenvalue weighted by molar-refractivity contribution is 5.86. The Hall–Kier alpha value is -4.21. The second-order valence-electron chi connectivity index (χ2n) is 6.68. The molecule has 0 amide bonds. The average Bonchev–Trinajstić information content (AvgIpc) is 3.52. The summed E-state index contributed by atoms with van der Waals surface area (Å²) in [6, 6.07) is 12.2. The number of fused-ring (bicyclic) bond motifs is 3. The Balaban J connectivity index is 1.40. The van der Waals surface area contributed by atoms with Crippen LogP contribution in [-0.2, 0) is 24.9 Å². The number of aromatic nitrogens is 6. The van der Waals surface area contributed by atoms with Crippen LogP contribution >= 0.6 is 0 Å². The number of carbonyl (C=O) groups is 1. The molecule has 10 heteroatoms. The van der Waals surface area contributed by atoms with E-state index in [-0.39, 0.29) is 17.9 Å². The van der Waals surface area contributed by atoms with E-state index < -0.39 is 5.97 Å². The zero-order valence-corrected chi connectivity index (χ0v) is 15.9. The number of rotatable bonds is 5. The minimum Gasteiger partial charge on any atom is -0.452 e. The normalized spacial score (nSPS) is 11.4. The van der Waals surface area contributed by atoms with Gasteiger partial charge in [0.15, 0.2) is 12.4 Å². The first-order valence-electron chi connectivity index (χ1n) is 9.17. The summed E-state index contributed by atoms with van der Waals surface area (Å²) in [5.41, 5.74) is 0.473. The highest BCUT2D eigenvalue weighted by Crippen LogP contribution is 2.16. The van der Waals surface area contributed by atoms with Crippen molar-refractivity contribution in [2.45, 2.75) is 13.2 Å². The lowest BCUT2D eigenvalue weighted by Crippen LogP contribution is -2.20. The summed E-state index contributed by atoms with van der Waals surface area (Å²) in [6.07, 6.45) is 3.47. The van der Waals surface area contributed by atoms with Crippen molar-refractivity contribution in [1.82, 2.24) is 28.9 Å². The Labute approximate surface area is 168 Å². The second kappa shape index (κ2) is 6.99. The van der Waals surface area contributed by atoms with Crippen molar-refractivity contribution in [2.75, 3.05) is 0 Å². The van der Waals surface area contributed by atoms with Gasteiger partial charge in [0.05, 0.1) is 17.4 Å². The molecule has 0 saturated heterocycles. The Morgan fingerprint density at radius 3 is 2.83 bits per heavy atom. The fourth-order valence-corrected chi connectivity index (χ4v) is 3.31. The van der Waals surface area contributed by atoms with Crippen LogP contribution in [0.2, 0.25) is 0 Å². The van der Waals surface area contributed by atoms with E-state index >= 15 is 0 Å². The van der Waals surface area contributed by atoms with Gasteiger partial charge in [-0.3, -0.25) is 18.4 Å². The summed E-state index contributed by atoms with van der Waals surface area (Å²) in [5.74, 6) is 0.813. The molecule has 0 bridgehead atoms. The Kier molecular flexibility index (Phi) is 4.16. The largest absolute Gasteiger partial charge is 0.452 e. The van der Waals surface area contributed by atoms with Crippen molar-refractivity contribution in [3.8, 4) is 0 Å². The minimum atomic E-state index is -0.618. The third-order valence-corrected chi connectivity index (χ3v) is 4.77. The first-order valence-corrected chi connectivity index (χ1v) is 9.17. The number of esters is 1. The third-order valence-electron chi connectivity index (χ3n) is 4.77. The fraction of sp³-hybridized carbons (Fsp3) is 0.150. The van der Waals surface area contributed by atoms with Crippen LogP contribution in [0, 0.1) is 0 Å². The fourth-order valence-electron chi connectivity index (χ4n) is 3.31. The van der Waals surface area contributed by atoms with Gasteiger partial charge in [-0.25, -0.2) is 4.79 Å².